The van der Waals surface area contributed by atoms with E-state index in [1.807, 2.05) is 12.1 Å². The molecule has 21 heavy (non-hydrogen) atoms. The lowest BCUT2D eigenvalue weighted by atomic mass is 9.98. The molecule has 1 fully saturated rings. The smallest absolute Gasteiger partial charge is 0.146 e. The summed E-state index contributed by atoms with van der Waals surface area (Å²) < 4.78 is 14.1. The van der Waals surface area contributed by atoms with E-state index in [0.717, 1.165) is 56.5 Å². The van der Waals surface area contributed by atoms with Gasteiger partial charge in [-0.15, -0.1) is 0 Å². The molecular weight excluding hydrogens is 263 g/mol. The highest BCUT2D eigenvalue weighted by atomic mass is 19.1. The van der Waals surface area contributed by atoms with Crippen LogP contribution in [0.4, 0.5) is 10.1 Å². The van der Waals surface area contributed by atoms with Crippen LogP contribution in [-0.2, 0) is 6.54 Å². The van der Waals surface area contributed by atoms with Crippen LogP contribution in [0.1, 0.15) is 45.6 Å². The third-order valence-electron chi connectivity index (χ3n) is 4.36. The largest absolute Gasteiger partial charge is 0.369 e. The first-order chi connectivity index (χ1) is 10.1. The van der Waals surface area contributed by atoms with Crippen molar-refractivity contribution in [1.29, 1.82) is 0 Å². The molecule has 1 aliphatic rings. The molecule has 0 aliphatic carbocycles. The van der Waals surface area contributed by atoms with E-state index < -0.39 is 0 Å². The van der Waals surface area contributed by atoms with Gasteiger partial charge >= 0.3 is 0 Å². The van der Waals surface area contributed by atoms with Gasteiger partial charge < -0.3 is 10.2 Å². The lowest BCUT2D eigenvalue weighted by Crippen LogP contribution is -2.33. The van der Waals surface area contributed by atoms with Crippen molar-refractivity contribution in [2.24, 2.45) is 11.8 Å². The number of hydrogen-bond donors (Lipinski definition) is 1. The highest BCUT2D eigenvalue weighted by Crippen LogP contribution is 2.26. The standard InChI is InChI=1S/C18H29FN2/c1-14(2)6-9-20-13-16-4-5-17(19)18(12-16)21-10-7-15(3)8-11-21/h4-5,12,14-15,20H,6-11,13H2,1-3H3. The van der Waals surface area contributed by atoms with Crippen molar-refractivity contribution in [3.63, 3.8) is 0 Å². The molecule has 1 heterocycles. The SMILES string of the molecule is CC(C)CCNCc1ccc(F)c(N2CCC(C)CC2)c1. The van der Waals surface area contributed by atoms with Crippen molar-refractivity contribution in [2.45, 2.75) is 46.6 Å². The van der Waals surface area contributed by atoms with E-state index in [9.17, 15) is 4.39 Å². The quantitative estimate of drug-likeness (QED) is 0.791. The highest BCUT2D eigenvalue weighted by Gasteiger charge is 2.18. The number of hydrogen-bond acceptors (Lipinski definition) is 2. The average molecular weight is 292 g/mol. The van der Waals surface area contributed by atoms with Gasteiger partial charge in [0, 0.05) is 19.6 Å². The van der Waals surface area contributed by atoms with Gasteiger partial charge in [0.25, 0.3) is 0 Å². The molecule has 2 nitrogen and oxygen atoms in total. The fourth-order valence-electron chi connectivity index (χ4n) is 2.78. The number of anilines is 1. The molecule has 1 aromatic rings. The topological polar surface area (TPSA) is 15.3 Å². The van der Waals surface area contributed by atoms with Crippen molar-refractivity contribution in [3.05, 3.63) is 29.6 Å². The predicted octanol–water partition coefficient (Wildman–Crippen LogP) is 4.20. The fraction of sp³-hybridized carbons (Fsp3) is 0.667. The molecule has 1 N–H and O–H groups in total. The van der Waals surface area contributed by atoms with Crippen LogP contribution in [0.25, 0.3) is 0 Å². The molecule has 0 atom stereocenters. The molecule has 118 valence electrons. The molecule has 1 saturated heterocycles. The van der Waals surface area contributed by atoms with Crippen molar-refractivity contribution in [3.8, 4) is 0 Å². The molecule has 0 spiro atoms. The zero-order chi connectivity index (χ0) is 15.2. The summed E-state index contributed by atoms with van der Waals surface area (Å²) in [6.07, 6.45) is 3.50. The van der Waals surface area contributed by atoms with E-state index in [0.29, 0.717) is 0 Å². The summed E-state index contributed by atoms with van der Waals surface area (Å²) in [5.41, 5.74) is 1.96. The summed E-state index contributed by atoms with van der Waals surface area (Å²) in [4.78, 5) is 2.20. The number of halogens is 1. The second-order valence-corrected chi connectivity index (χ2v) is 6.81. The highest BCUT2D eigenvalue weighted by molar-refractivity contribution is 5.50. The van der Waals surface area contributed by atoms with Gasteiger partial charge in [-0.2, -0.15) is 0 Å². The van der Waals surface area contributed by atoms with Crippen LogP contribution in [0.15, 0.2) is 18.2 Å². The average Bonchev–Trinajstić information content (AvgIpc) is 2.46. The minimum absolute atomic E-state index is 0.0875. The Bertz CT molecular complexity index is 437. The van der Waals surface area contributed by atoms with E-state index in [4.69, 9.17) is 0 Å². The Kier molecular flexibility index (Phi) is 6.04. The first-order valence-corrected chi connectivity index (χ1v) is 8.30. The molecule has 1 aromatic carbocycles. The second-order valence-electron chi connectivity index (χ2n) is 6.81. The minimum Gasteiger partial charge on any atom is -0.369 e. The summed E-state index contributed by atoms with van der Waals surface area (Å²) in [6.45, 7) is 10.5. The Morgan fingerprint density at radius 3 is 2.67 bits per heavy atom. The molecule has 3 heteroatoms. The lowest BCUT2D eigenvalue weighted by molar-refractivity contribution is 0.434. The molecular formula is C18H29FN2. The van der Waals surface area contributed by atoms with Crippen LogP contribution in [0.3, 0.4) is 0 Å². The Labute approximate surface area is 128 Å². The van der Waals surface area contributed by atoms with Crippen molar-refractivity contribution >= 4 is 5.69 Å². The fourth-order valence-corrected chi connectivity index (χ4v) is 2.78. The molecule has 0 radical (unpaired) electrons. The Hall–Kier alpha value is -1.09. The molecule has 0 saturated carbocycles. The molecule has 0 bridgehead atoms. The summed E-state index contributed by atoms with van der Waals surface area (Å²) >= 11 is 0. The van der Waals surface area contributed by atoms with Crippen LogP contribution in [0.2, 0.25) is 0 Å². The maximum absolute atomic E-state index is 14.1. The third-order valence-corrected chi connectivity index (χ3v) is 4.36. The van der Waals surface area contributed by atoms with Crippen molar-refractivity contribution < 1.29 is 4.39 Å². The van der Waals surface area contributed by atoms with Crippen LogP contribution in [0, 0.1) is 17.7 Å². The maximum Gasteiger partial charge on any atom is 0.146 e. The van der Waals surface area contributed by atoms with Gasteiger partial charge in [0.15, 0.2) is 0 Å². The third kappa shape index (κ3) is 4.99. The summed E-state index contributed by atoms with van der Waals surface area (Å²) in [5, 5.41) is 3.45. The number of benzene rings is 1. The van der Waals surface area contributed by atoms with Gasteiger partial charge in [0.1, 0.15) is 5.82 Å². The minimum atomic E-state index is -0.0875. The first-order valence-electron chi connectivity index (χ1n) is 8.30. The van der Waals surface area contributed by atoms with Crippen LogP contribution < -0.4 is 10.2 Å². The summed E-state index contributed by atoms with van der Waals surface area (Å²) in [6, 6.07) is 5.54. The van der Waals surface area contributed by atoms with Gasteiger partial charge in [-0.25, -0.2) is 4.39 Å². The van der Waals surface area contributed by atoms with Gasteiger partial charge in [-0.1, -0.05) is 26.8 Å². The first kappa shape index (κ1) is 16.3. The second kappa shape index (κ2) is 7.79. The van der Waals surface area contributed by atoms with Crippen molar-refractivity contribution in [2.75, 3.05) is 24.5 Å². The van der Waals surface area contributed by atoms with Gasteiger partial charge in [-0.3, -0.25) is 0 Å². The van der Waals surface area contributed by atoms with E-state index in [1.165, 1.54) is 12.0 Å². The molecule has 2 rings (SSSR count). The van der Waals surface area contributed by atoms with Crippen LogP contribution in [-0.4, -0.2) is 19.6 Å². The summed E-state index contributed by atoms with van der Waals surface area (Å²) in [5.74, 6) is 1.40. The Morgan fingerprint density at radius 2 is 2.00 bits per heavy atom. The number of nitrogens with one attached hydrogen (secondary N) is 1. The number of nitrogens with zero attached hydrogens (tertiary/aromatic N) is 1. The zero-order valence-corrected chi connectivity index (χ0v) is 13.7. The molecule has 0 amide bonds. The van der Waals surface area contributed by atoms with E-state index in [1.54, 1.807) is 6.07 Å². The van der Waals surface area contributed by atoms with Crippen LogP contribution in [0.5, 0.6) is 0 Å². The normalized spacial score (nSPS) is 16.7. The number of piperidine rings is 1. The van der Waals surface area contributed by atoms with E-state index in [-0.39, 0.29) is 5.82 Å². The molecule has 0 unspecified atom stereocenters. The number of rotatable bonds is 6. The monoisotopic (exact) mass is 292 g/mol. The molecule has 0 aromatic heterocycles. The predicted molar refractivity (Wildman–Crippen MR) is 88.2 cm³/mol. The van der Waals surface area contributed by atoms with Gasteiger partial charge in [0.05, 0.1) is 5.69 Å². The van der Waals surface area contributed by atoms with Gasteiger partial charge in [0.2, 0.25) is 0 Å². The Balaban J connectivity index is 1.93. The van der Waals surface area contributed by atoms with E-state index >= 15 is 0 Å². The Morgan fingerprint density at radius 1 is 1.29 bits per heavy atom. The van der Waals surface area contributed by atoms with Crippen molar-refractivity contribution in [1.82, 2.24) is 5.32 Å². The zero-order valence-electron chi connectivity index (χ0n) is 13.7. The van der Waals surface area contributed by atoms with E-state index in [2.05, 4.69) is 31.0 Å². The lowest BCUT2D eigenvalue weighted by Gasteiger charge is -2.32. The maximum atomic E-state index is 14.1. The summed E-state index contributed by atoms with van der Waals surface area (Å²) in [7, 11) is 0. The van der Waals surface area contributed by atoms with Crippen LogP contribution >= 0.6 is 0 Å². The van der Waals surface area contributed by atoms with Gasteiger partial charge in [-0.05, 0) is 55.3 Å². The molecule has 1 aliphatic heterocycles.